The van der Waals surface area contributed by atoms with Gasteiger partial charge < -0.3 is 15.4 Å². The molecule has 0 fully saturated rings. The van der Waals surface area contributed by atoms with E-state index in [0.717, 1.165) is 18.1 Å². The predicted molar refractivity (Wildman–Crippen MR) is 78.9 cm³/mol. The topological polar surface area (TPSA) is 76.1 Å². The Kier molecular flexibility index (Phi) is 6.72. The molecule has 0 saturated heterocycles. The molecule has 1 aromatic rings. The second kappa shape index (κ2) is 8.06. The number of hydrogen-bond donors (Lipinski definition) is 2. The fourth-order valence-electron chi connectivity index (χ4n) is 1.56. The largest absolute Gasteiger partial charge is 0.377 e. The van der Waals surface area contributed by atoms with Gasteiger partial charge in [-0.2, -0.15) is 0 Å². The zero-order chi connectivity index (χ0) is 14.3. The Labute approximate surface area is 116 Å². The molecule has 0 amide bonds. The van der Waals surface area contributed by atoms with Gasteiger partial charge in [-0.1, -0.05) is 0 Å². The molecule has 1 heterocycles. The minimum atomic E-state index is -0.763. The van der Waals surface area contributed by atoms with Gasteiger partial charge in [-0.05, 0) is 13.3 Å². The molecule has 2 atom stereocenters. The van der Waals surface area contributed by atoms with Crippen LogP contribution in [0.15, 0.2) is 6.07 Å². The van der Waals surface area contributed by atoms with Crippen LogP contribution < -0.4 is 10.6 Å². The van der Waals surface area contributed by atoms with E-state index in [1.165, 1.54) is 0 Å². The molecule has 2 unspecified atom stereocenters. The summed E-state index contributed by atoms with van der Waals surface area (Å²) in [6.07, 6.45) is 2.55. The zero-order valence-corrected chi connectivity index (χ0v) is 12.7. The standard InChI is InChI=1S/C12H22N4O2S/c1-9(5-6-19(4)17)14-11-7-10(13-2)15-12(16-11)8-18-3/h7,9H,5-6,8H2,1-4H3,(H2,13,14,15,16). The van der Waals surface area contributed by atoms with Crippen LogP contribution in [0.3, 0.4) is 0 Å². The molecular formula is C12H22N4O2S. The molecule has 1 rings (SSSR count). The van der Waals surface area contributed by atoms with Crippen molar-refractivity contribution in [3.05, 3.63) is 11.9 Å². The van der Waals surface area contributed by atoms with Gasteiger partial charge in [-0.25, -0.2) is 9.97 Å². The molecule has 0 aromatic carbocycles. The predicted octanol–water partition coefficient (Wildman–Crippen LogP) is 1.23. The van der Waals surface area contributed by atoms with Gasteiger partial charge in [0.1, 0.15) is 18.2 Å². The van der Waals surface area contributed by atoms with Crippen molar-refractivity contribution in [1.82, 2.24) is 9.97 Å². The Morgan fingerprint density at radius 2 is 2.11 bits per heavy atom. The lowest BCUT2D eigenvalue weighted by molar-refractivity contribution is 0.178. The number of nitrogens with zero attached hydrogens (tertiary/aromatic N) is 2. The van der Waals surface area contributed by atoms with E-state index in [-0.39, 0.29) is 6.04 Å². The minimum Gasteiger partial charge on any atom is -0.377 e. The lowest BCUT2D eigenvalue weighted by Crippen LogP contribution is -2.19. The van der Waals surface area contributed by atoms with Crippen LogP contribution in [-0.2, 0) is 22.1 Å². The Bertz CT molecular complexity index is 428. The van der Waals surface area contributed by atoms with Crippen molar-refractivity contribution in [3.63, 3.8) is 0 Å². The SMILES string of the molecule is CNc1cc(NC(C)CCS(C)=O)nc(COC)n1. The first kappa shape index (κ1) is 15.8. The molecule has 0 aliphatic rings. The monoisotopic (exact) mass is 286 g/mol. The van der Waals surface area contributed by atoms with Gasteiger partial charge in [0.25, 0.3) is 0 Å². The summed E-state index contributed by atoms with van der Waals surface area (Å²) in [6, 6.07) is 2.05. The van der Waals surface area contributed by atoms with Crippen molar-refractivity contribution >= 4 is 22.4 Å². The zero-order valence-electron chi connectivity index (χ0n) is 11.9. The average molecular weight is 286 g/mol. The lowest BCUT2D eigenvalue weighted by atomic mass is 10.2. The van der Waals surface area contributed by atoms with Crippen molar-refractivity contribution in [1.29, 1.82) is 0 Å². The Hall–Kier alpha value is -1.21. The summed E-state index contributed by atoms with van der Waals surface area (Å²) in [5.41, 5.74) is 0. The quantitative estimate of drug-likeness (QED) is 0.748. The summed E-state index contributed by atoms with van der Waals surface area (Å²) in [5, 5.41) is 6.28. The fraction of sp³-hybridized carbons (Fsp3) is 0.667. The molecule has 108 valence electrons. The minimum absolute atomic E-state index is 0.207. The summed E-state index contributed by atoms with van der Waals surface area (Å²) >= 11 is 0. The molecule has 0 radical (unpaired) electrons. The van der Waals surface area contributed by atoms with Gasteiger partial charge in [0, 0.05) is 49.1 Å². The Morgan fingerprint density at radius 1 is 1.42 bits per heavy atom. The van der Waals surface area contributed by atoms with Crippen LogP contribution in [0.4, 0.5) is 11.6 Å². The molecule has 19 heavy (non-hydrogen) atoms. The third-order valence-electron chi connectivity index (χ3n) is 2.53. The third kappa shape index (κ3) is 5.98. The number of ether oxygens (including phenoxy) is 1. The first-order valence-electron chi connectivity index (χ1n) is 6.16. The van der Waals surface area contributed by atoms with Crippen molar-refractivity contribution < 1.29 is 8.95 Å². The number of aromatic nitrogens is 2. The normalized spacial score (nSPS) is 13.9. The van der Waals surface area contributed by atoms with E-state index in [0.29, 0.717) is 18.2 Å². The summed E-state index contributed by atoms with van der Waals surface area (Å²) < 4.78 is 16.1. The first-order chi connectivity index (χ1) is 9.05. The maximum atomic E-state index is 11.1. The van der Waals surface area contributed by atoms with Gasteiger partial charge in [0.15, 0.2) is 5.82 Å². The molecule has 0 bridgehead atoms. The Balaban J connectivity index is 2.70. The van der Waals surface area contributed by atoms with Crippen LogP contribution >= 0.6 is 0 Å². The van der Waals surface area contributed by atoms with Crippen molar-refractivity contribution in [2.75, 3.05) is 36.8 Å². The van der Waals surface area contributed by atoms with E-state index < -0.39 is 10.8 Å². The molecule has 0 spiro atoms. The summed E-state index contributed by atoms with van der Waals surface area (Å²) in [7, 11) is 2.66. The second-order valence-electron chi connectivity index (χ2n) is 4.35. The highest BCUT2D eigenvalue weighted by atomic mass is 32.2. The van der Waals surface area contributed by atoms with E-state index in [4.69, 9.17) is 4.74 Å². The maximum Gasteiger partial charge on any atom is 0.158 e. The van der Waals surface area contributed by atoms with Gasteiger partial charge in [-0.3, -0.25) is 4.21 Å². The number of nitrogens with one attached hydrogen (secondary N) is 2. The summed E-state index contributed by atoms with van der Waals surface area (Å²) in [6.45, 7) is 2.42. The molecule has 7 heteroatoms. The maximum absolute atomic E-state index is 11.1. The number of rotatable bonds is 8. The van der Waals surface area contributed by atoms with Crippen LogP contribution in [0, 0.1) is 0 Å². The average Bonchev–Trinajstić information content (AvgIpc) is 2.36. The van der Waals surface area contributed by atoms with Gasteiger partial charge in [-0.15, -0.1) is 0 Å². The molecule has 2 N–H and O–H groups in total. The summed E-state index contributed by atoms with van der Waals surface area (Å²) in [5.74, 6) is 2.81. The van der Waals surface area contributed by atoms with E-state index in [2.05, 4.69) is 20.6 Å². The van der Waals surface area contributed by atoms with E-state index >= 15 is 0 Å². The van der Waals surface area contributed by atoms with Crippen molar-refractivity contribution in [2.24, 2.45) is 0 Å². The van der Waals surface area contributed by atoms with Crippen LogP contribution in [0.5, 0.6) is 0 Å². The second-order valence-corrected chi connectivity index (χ2v) is 5.90. The number of methoxy groups -OCH3 is 1. The smallest absolute Gasteiger partial charge is 0.158 e. The van der Waals surface area contributed by atoms with Crippen LogP contribution in [-0.4, -0.2) is 46.4 Å². The first-order valence-corrected chi connectivity index (χ1v) is 7.89. The van der Waals surface area contributed by atoms with Crippen LogP contribution in [0.25, 0.3) is 0 Å². The molecule has 1 aromatic heterocycles. The van der Waals surface area contributed by atoms with Gasteiger partial charge in [0.2, 0.25) is 0 Å². The van der Waals surface area contributed by atoms with Gasteiger partial charge >= 0.3 is 0 Å². The highest BCUT2D eigenvalue weighted by Crippen LogP contribution is 2.13. The van der Waals surface area contributed by atoms with Crippen LogP contribution in [0.2, 0.25) is 0 Å². The van der Waals surface area contributed by atoms with E-state index in [9.17, 15) is 4.21 Å². The third-order valence-corrected chi connectivity index (χ3v) is 3.35. The van der Waals surface area contributed by atoms with Crippen LogP contribution in [0.1, 0.15) is 19.2 Å². The molecule has 6 nitrogen and oxygen atoms in total. The lowest BCUT2D eigenvalue weighted by Gasteiger charge is -2.15. The van der Waals surface area contributed by atoms with Crippen molar-refractivity contribution in [2.45, 2.75) is 26.0 Å². The highest BCUT2D eigenvalue weighted by molar-refractivity contribution is 7.84. The number of anilines is 2. The van der Waals surface area contributed by atoms with E-state index in [1.807, 2.05) is 20.0 Å². The molecular weight excluding hydrogens is 264 g/mol. The highest BCUT2D eigenvalue weighted by Gasteiger charge is 2.07. The van der Waals surface area contributed by atoms with E-state index in [1.54, 1.807) is 13.4 Å². The van der Waals surface area contributed by atoms with Gasteiger partial charge in [0.05, 0.1) is 0 Å². The van der Waals surface area contributed by atoms with Crippen molar-refractivity contribution in [3.8, 4) is 0 Å². The molecule has 0 aliphatic heterocycles. The summed E-state index contributed by atoms with van der Waals surface area (Å²) in [4.78, 5) is 8.66. The molecule has 0 aliphatic carbocycles. The molecule has 0 saturated carbocycles. The fourth-order valence-corrected chi connectivity index (χ4v) is 2.25. The Morgan fingerprint density at radius 3 is 2.68 bits per heavy atom. The number of hydrogen-bond acceptors (Lipinski definition) is 6.